The second-order valence-electron chi connectivity index (χ2n) is 4.76. The van der Waals surface area contributed by atoms with Gasteiger partial charge in [0.1, 0.15) is 11.6 Å². The van der Waals surface area contributed by atoms with Gasteiger partial charge in [0.25, 0.3) is 0 Å². The van der Waals surface area contributed by atoms with Crippen LogP contribution in [0.4, 0.5) is 4.39 Å². The Kier molecular flexibility index (Phi) is 7.23. The number of halogens is 2. The Balaban J connectivity index is 1.56. The van der Waals surface area contributed by atoms with E-state index in [1.54, 1.807) is 24.3 Å². The van der Waals surface area contributed by atoms with Crippen molar-refractivity contribution in [1.82, 2.24) is 5.32 Å². The number of amides is 1. The van der Waals surface area contributed by atoms with Crippen molar-refractivity contribution >= 4 is 29.3 Å². The number of thioether (sulfide) groups is 1. The van der Waals surface area contributed by atoms with Crippen LogP contribution in [-0.2, 0) is 11.3 Å². The molecule has 0 atom stereocenters. The molecule has 0 saturated carbocycles. The minimum Gasteiger partial charge on any atom is -0.493 e. The van der Waals surface area contributed by atoms with Gasteiger partial charge in [-0.2, -0.15) is 0 Å². The van der Waals surface area contributed by atoms with Crippen molar-refractivity contribution in [3.05, 3.63) is 64.9 Å². The average Bonchev–Trinajstić information content (AvgIpc) is 2.56. The maximum Gasteiger partial charge on any atom is 0.230 e. The molecule has 0 heterocycles. The van der Waals surface area contributed by atoms with Crippen LogP contribution in [0.15, 0.2) is 48.5 Å². The van der Waals surface area contributed by atoms with E-state index in [2.05, 4.69) is 5.32 Å². The zero-order valence-corrected chi connectivity index (χ0v) is 14.0. The summed E-state index contributed by atoms with van der Waals surface area (Å²) in [5.41, 5.74) is 0.871. The summed E-state index contributed by atoms with van der Waals surface area (Å²) in [4.78, 5) is 11.7. The topological polar surface area (TPSA) is 38.3 Å². The van der Waals surface area contributed by atoms with Gasteiger partial charge in [0.2, 0.25) is 5.91 Å². The molecule has 0 unspecified atom stereocenters. The summed E-state index contributed by atoms with van der Waals surface area (Å²) in [7, 11) is 0. The quantitative estimate of drug-likeness (QED) is 0.731. The second-order valence-corrected chi connectivity index (χ2v) is 6.30. The van der Waals surface area contributed by atoms with Crippen molar-refractivity contribution in [3.63, 3.8) is 0 Å². The predicted molar refractivity (Wildman–Crippen MR) is 92.5 cm³/mol. The van der Waals surface area contributed by atoms with Gasteiger partial charge in [-0.25, -0.2) is 4.39 Å². The van der Waals surface area contributed by atoms with Gasteiger partial charge < -0.3 is 10.1 Å². The Bertz CT molecular complexity index is 619. The summed E-state index contributed by atoms with van der Waals surface area (Å²) in [6.45, 7) is 0.929. The van der Waals surface area contributed by atoms with Crippen LogP contribution in [0.2, 0.25) is 5.02 Å². The molecule has 0 aliphatic rings. The first-order chi connectivity index (χ1) is 11.1. The van der Waals surface area contributed by atoms with Gasteiger partial charge in [-0.05, 0) is 42.0 Å². The van der Waals surface area contributed by atoms with Crippen molar-refractivity contribution < 1.29 is 13.9 Å². The molecule has 0 aromatic heterocycles. The molecule has 0 spiro atoms. The monoisotopic (exact) mass is 353 g/mol. The van der Waals surface area contributed by atoms with Gasteiger partial charge in [0.05, 0.1) is 12.4 Å². The lowest BCUT2D eigenvalue weighted by Gasteiger charge is -2.07. The van der Waals surface area contributed by atoms with E-state index in [1.165, 1.54) is 23.9 Å². The predicted octanol–water partition coefficient (Wildman–Crippen LogP) is 3.91. The molecule has 2 aromatic carbocycles. The molecule has 0 fully saturated rings. The van der Waals surface area contributed by atoms with Crippen molar-refractivity contribution in [1.29, 1.82) is 0 Å². The number of benzene rings is 2. The van der Waals surface area contributed by atoms with Gasteiger partial charge >= 0.3 is 0 Å². The van der Waals surface area contributed by atoms with Crippen LogP contribution in [0.1, 0.15) is 5.56 Å². The summed E-state index contributed by atoms with van der Waals surface area (Å²) in [6.07, 6.45) is 0. The highest BCUT2D eigenvalue weighted by molar-refractivity contribution is 7.99. The molecule has 2 rings (SSSR count). The standard InChI is InChI=1S/C17H17ClFNO2S/c18-14-3-7-16(8-4-14)22-9-10-23-12-17(21)20-11-13-1-5-15(19)6-2-13/h1-8H,9-12H2,(H,20,21). The van der Waals surface area contributed by atoms with E-state index in [4.69, 9.17) is 16.3 Å². The molecule has 2 aromatic rings. The third-order valence-electron chi connectivity index (χ3n) is 2.95. The first-order valence-electron chi connectivity index (χ1n) is 7.11. The Hall–Kier alpha value is -1.72. The first-order valence-corrected chi connectivity index (χ1v) is 8.64. The molecule has 1 N–H and O–H groups in total. The molecule has 0 bridgehead atoms. The minimum absolute atomic E-state index is 0.0502. The third-order valence-corrected chi connectivity index (χ3v) is 4.12. The third kappa shape index (κ3) is 6.93. The van der Waals surface area contributed by atoms with Gasteiger partial charge in [0, 0.05) is 17.3 Å². The molecular weight excluding hydrogens is 337 g/mol. The molecule has 0 aliphatic heterocycles. The molecule has 23 heavy (non-hydrogen) atoms. The molecule has 0 aliphatic carbocycles. The van der Waals surface area contributed by atoms with Crippen LogP contribution in [0.25, 0.3) is 0 Å². The second kappa shape index (κ2) is 9.43. The van der Waals surface area contributed by atoms with Gasteiger partial charge in [-0.15, -0.1) is 11.8 Å². The van der Waals surface area contributed by atoms with Crippen LogP contribution >= 0.6 is 23.4 Å². The summed E-state index contributed by atoms with van der Waals surface area (Å²) in [5, 5.41) is 3.47. The fraction of sp³-hybridized carbons (Fsp3) is 0.235. The van der Waals surface area contributed by atoms with E-state index >= 15 is 0 Å². The Labute approximate surface area is 144 Å². The Morgan fingerprint density at radius 2 is 1.83 bits per heavy atom. The van der Waals surface area contributed by atoms with E-state index < -0.39 is 0 Å². The van der Waals surface area contributed by atoms with Crippen LogP contribution in [0.5, 0.6) is 5.75 Å². The van der Waals surface area contributed by atoms with Gasteiger partial charge in [-0.3, -0.25) is 4.79 Å². The van der Waals surface area contributed by atoms with E-state index in [0.717, 1.165) is 11.3 Å². The fourth-order valence-corrected chi connectivity index (χ4v) is 2.53. The number of carbonyl (C=O) groups excluding carboxylic acids is 1. The summed E-state index contributed by atoms with van der Waals surface area (Å²) >= 11 is 7.29. The SMILES string of the molecule is O=C(CSCCOc1ccc(Cl)cc1)NCc1ccc(F)cc1. The lowest BCUT2D eigenvalue weighted by molar-refractivity contribution is -0.118. The number of carbonyl (C=O) groups is 1. The van der Waals surface area contributed by atoms with Gasteiger partial charge in [0.15, 0.2) is 0 Å². The molecule has 6 heteroatoms. The van der Waals surface area contributed by atoms with Crippen molar-refractivity contribution in [2.24, 2.45) is 0 Å². The Morgan fingerprint density at radius 1 is 1.13 bits per heavy atom. The van der Waals surface area contributed by atoms with Crippen LogP contribution < -0.4 is 10.1 Å². The van der Waals surface area contributed by atoms with Crippen LogP contribution in [-0.4, -0.2) is 24.0 Å². The fourth-order valence-electron chi connectivity index (χ4n) is 1.77. The molecular formula is C17H17ClFNO2S. The summed E-state index contributed by atoms with van der Waals surface area (Å²) < 4.78 is 18.3. The Morgan fingerprint density at radius 3 is 2.52 bits per heavy atom. The smallest absolute Gasteiger partial charge is 0.230 e. The highest BCUT2D eigenvalue weighted by Gasteiger charge is 2.02. The number of nitrogens with one attached hydrogen (secondary N) is 1. The van der Waals surface area contributed by atoms with E-state index in [-0.39, 0.29) is 11.7 Å². The zero-order chi connectivity index (χ0) is 16.5. The highest BCUT2D eigenvalue weighted by atomic mass is 35.5. The zero-order valence-electron chi connectivity index (χ0n) is 12.4. The van der Waals surface area contributed by atoms with Crippen LogP contribution in [0, 0.1) is 5.82 Å². The minimum atomic E-state index is -0.281. The number of ether oxygens (including phenoxy) is 1. The number of hydrogen-bond acceptors (Lipinski definition) is 3. The molecule has 1 amide bonds. The first kappa shape index (κ1) is 17.6. The van der Waals surface area contributed by atoms with Crippen molar-refractivity contribution in [2.75, 3.05) is 18.1 Å². The van der Waals surface area contributed by atoms with E-state index in [9.17, 15) is 9.18 Å². The molecule has 0 saturated heterocycles. The lowest BCUT2D eigenvalue weighted by atomic mass is 10.2. The lowest BCUT2D eigenvalue weighted by Crippen LogP contribution is -2.24. The average molecular weight is 354 g/mol. The van der Waals surface area contributed by atoms with Crippen molar-refractivity contribution in [3.8, 4) is 5.75 Å². The highest BCUT2D eigenvalue weighted by Crippen LogP contribution is 2.15. The normalized spacial score (nSPS) is 10.3. The van der Waals surface area contributed by atoms with Crippen molar-refractivity contribution in [2.45, 2.75) is 6.54 Å². The van der Waals surface area contributed by atoms with Gasteiger partial charge in [-0.1, -0.05) is 23.7 Å². The van der Waals surface area contributed by atoms with Crippen LogP contribution in [0.3, 0.4) is 0 Å². The largest absolute Gasteiger partial charge is 0.493 e. The number of rotatable bonds is 8. The maximum absolute atomic E-state index is 12.8. The molecule has 0 radical (unpaired) electrons. The maximum atomic E-state index is 12.8. The molecule has 3 nitrogen and oxygen atoms in total. The summed E-state index contributed by atoms with van der Waals surface area (Å²) in [6, 6.07) is 13.2. The van der Waals surface area contributed by atoms with E-state index in [1.807, 2.05) is 12.1 Å². The number of hydrogen-bond donors (Lipinski definition) is 1. The van der Waals surface area contributed by atoms with E-state index in [0.29, 0.717) is 29.7 Å². The molecule has 122 valence electrons. The summed E-state index contributed by atoms with van der Waals surface area (Å²) in [5.74, 6) is 1.51.